The number of carbonyl (C=O) groups is 1. The molecule has 0 amide bonds. The number of allylic oxidation sites excluding steroid dienone is 1. The minimum Gasteiger partial charge on any atom is -0.322 e. The highest BCUT2D eigenvalue weighted by Crippen LogP contribution is 2.29. The van der Waals surface area contributed by atoms with Gasteiger partial charge < -0.3 is 5.43 Å². The number of hydrogen-bond acceptors (Lipinski definition) is 4. The van der Waals surface area contributed by atoms with E-state index in [2.05, 4.69) is 5.43 Å². The molecule has 0 aromatic heterocycles. The molecule has 1 aromatic carbocycles. The fourth-order valence-electron chi connectivity index (χ4n) is 1.54. The first-order chi connectivity index (χ1) is 6.79. The van der Waals surface area contributed by atoms with Gasteiger partial charge in [0, 0.05) is 11.1 Å². The van der Waals surface area contributed by atoms with E-state index >= 15 is 0 Å². The second kappa shape index (κ2) is 2.98. The first kappa shape index (κ1) is 8.48. The molecule has 0 aliphatic heterocycles. The van der Waals surface area contributed by atoms with Crippen LogP contribution in [0.1, 0.15) is 15.9 Å². The molecule has 1 aliphatic rings. The van der Waals surface area contributed by atoms with Crippen LogP contribution in [-0.2, 0) is 0 Å². The summed E-state index contributed by atoms with van der Waals surface area (Å²) in [5.41, 5.74) is 4.09. The van der Waals surface area contributed by atoms with Gasteiger partial charge in [-0.2, -0.15) is 5.26 Å². The maximum Gasteiger partial charge on any atom is 0.206 e. The lowest BCUT2D eigenvalue weighted by Crippen LogP contribution is -2.20. The molecule has 0 heterocycles. The van der Waals surface area contributed by atoms with Gasteiger partial charge in [0.25, 0.3) is 0 Å². The third-order valence-corrected chi connectivity index (χ3v) is 2.17. The molecule has 0 saturated heterocycles. The highest BCUT2D eigenvalue weighted by Gasteiger charge is 2.28. The molecule has 0 bridgehead atoms. The first-order valence-electron chi connectivity index (χ1n) is 4.04. The number of nitrogens with one attached hydrogen (secondary N) is 1. The van der Waals surface area contributed by atoms with E-state index in [0.717, 1.165) is 0 Å². The van der Waals surface area contributed by atoms with Crippen LogP contribution >= 0.6 is 0 Å². The number of nitrogens with zero attached hydrogens (tertiary/aromatic N) is 1. The summed E-state index contributed by atoms with van der Waals surface area (Å²) in [6, 6.07) is 8.84. The Morgan fingerprint density at radius 3 is 2.50 bits per heavy atom. The van der Waals surface area contributed by atoms with Crippen LogP contribution < -0.4 is 11.3 Å². The topological polar surface area (TPSA) is 78.9 Å². The van der Waals surface area contributed by atoms with Crippen LogP contribution in [0.25, 0.3) is 5.70 Å². The molecule has 0 radical (unpaired) electrons. The standard InChI is InChI=1S/C10H7N3O/c11-5-8-9(13-12)6-3-1-2-4-7(6)10(8)14/h1-4,13H,12H2. The van der Waals surface area contributed by atoms with Crippen LogP contribution in [0, 0.1) is 11.3 Å². The van der Waals surface area contributed by atoms with Crippen LogP contribution in [0.5, 0.6) is 0 Å². The zero-order valence-corrected chi connectivity index (χ0v) is 7.24. The Bertz CT molecular complexity index is 482. The highest BCUT2D eigenvalue weighted by atomic mass is 16.1. The second-order valence-corrected chi connectivity index (χ2v) is 2.88. The average Bonchev–Trinajstić information content (AvgIpc) is 2.51. The molecule has 0 fully saturated rings. The van der Waals surface area contributed by atoms with Crippen molar-refractivity contribution in [2.75, 3.05) is 0 Å². The van der Waals surface area contributed by atoms with Gasteiger partial charge in [0.05, 0.1) is 5.70 Å². The Hall–Kier alpha value is -2.12. The lowest BCUT2D eigenvalue weighted by atomic mass is 10.1. The maximum absolute atomic E-state index is 11.6. The second-order valence-electron chi connectivity index (χ2n) is 2.88. The number of ketones is 1. The molecule has 0 unspecified atom stereocenters. The van der Waals surface area contributed by atoms with Gasteiger partial charge >= 0.3 is 0 Å². The van der Waals surface area contributed by atoms with Crippen molar-refractivity contribution in [3.8, 4) is 6.07 Å². The lowest BCUT2D eigenvalue weighted by Gasteiger charge is -2.01. The number of carbonyl (C=O) groups excluding carboxylic acids is 1. The van der Waals surface area contributed by atoms with E-state index in [-0.39, 0.29) is 11.4 Å². The molecule has 14 heavy (non-hydrogen) atoms. The molecular formula is C10H7N3O. The van der Waals surface area contributed by atoms with E-state index in [1.54, 1.807) is 24.3 Å². The minimum absolute atomic E-state index is 0.0775. The van der Waals surface area contributed by atoms with Gasteiger partial charge in [-0.15, -0.1) is 0 Å². The summed E-state index contributed by atoms with van der Waals surface area (Å²) < 4.78 is 0. The summed E-state index contributed by atoms with van der Waals surface area (Å²) >= 11 is 0. The number of hydrazine groups is 1. The summed E-state index contributed by atoms with van der Waals surface area (Å²) in [6.07, 6.45) is 0. The number of Topliss-reactive ketones (excluding diaryl/α,β-unsaturated/α-hetero) is 1. The maximum atomic E-state index is 11.6. The summed E-state index contributed by atoms with van der Waals surface area (Å²) in [7, 11) is 0. The Balaban J connectivity index is 2.71. The molecule has 4 nitrogen and oxygen atoms in total. The van der Waals surface area contributed by atoms with Crippen molar-refractivity contribution in [3.63, 3.8) is 0 Å². The molecule has 1 aromatic rings. The molecule has 68 valence electrons. The fourth-order valence-corrected chi connectivity index (χ4v) is 1.54. The van der Waals surface area contributed by atoms with E-state index in [0.29, 0.717) is 16.8 Å². The van der Waals surface area contributed by atoms with Gasteiger partial charge in [-0.05, 0) is 0 Å². The molecule has 0 saturated carbocycles. The highest BCUT2D eigenvalue weighted by molar-refractivity contribution is 6.22. The van der Waals surface area contributed by atoms with Crippen molar-refractivity contribution in [2.45, 2.75) is 0 Å². The van der Waals surface area contributed by atoms with E-state index in [1.807, 2.05) is 6.07 Å². The number of fused-ring (bicyclic) bond motifs is 1. The Labute approximate surface area is 80.6 Å². The normalized spacial score (nSPS) is 13.9. The van der Waals surface area contributed by atoms with Gasteiger partial charge in [0.15, 0.2) is 0 Å². The van der Waals surface area contributed by atoms with Crippen molar-refractivity contribution < 1.29 is 4.79 Å². The van der Waals surface area contributed by atoms with Crippen LogP contribution in [0.3, 0.4) is 0 Å². The minimum atomic E-state index is -0.268. The molecule has 3 N–H and O–H groups in total. The predicted octanol–water partition coefficient (Wildman–Crippen LogP) is 0.581. The summed E-state index contributed by atoms with van der Waals surface area (Å²) in [4.78, 5) is 11.6. The quantitative estimate of drug-likeness (QED) is 0.495. The molecular weight excluding hydrogens is 178 g/mol. The van der Waals surface area contributed by atoms with Gasteiger partial charge in [-0.3, -0.25) is 10.6 Å². The molecule has 0 atom stereocenters. The third-order valence-electron chi connectivity index (χ3n) is 2.17. The Morgan fingerprint density at radius 2 is 1.93 bits per heavy atom. The first-order valence-corrected chi connectivity index (χ1v) is 4.04. The zero-order valence-electron chi connectivity index (χ0n) is 7.24. The molecule has 2 rings (SSSR count). The number of rotatable bonds is 1. The van der Waals surface area contributed by atoms with Gasteiger partial charge in [-0.25, -0.2) is 0 Å². The number of benzene rings is 1. The van der Waals surface area contributed by atoms with Crippen molar-refractivity contribution in [1.82, 2.24) is 5.43 Å². The van der Waals surface area contributed by atoms with Crippen LogP contribution in [-0.4, -0.2) is 5.78 Å². The molecule has 4 heteroatoms. The van der Waals surface area contributed by atoms with Crippen molar-refractivity contribution in [1.29, 1.82) is 5.26 Å². The predicted molar refractivity (Wildman–Crippen MR) is 50.6 cm³/mol. The van der Waals surface area contributed by atoms with Crippen LogP contribution in [0.15, 0.2) is 29.8 Å². The SMILES string of the molecule is N#CC1=C(NN)c2ccccc2C1=O. The summed E-state index contributed by atoms with van der Waals surface area (Å²) in [6.45, 7) is 0. The number of nitrogens with two attached hydrogens (primary N) is 1. The van der Waals surface area contributed by atoms with E-state index < -0.39 is 0 Å². The lowest BCUT2D eigenvalue weighted by molar-refractivity contribution is 0.104. The largest absolute Gasteiger partial charge is 0.322 e. The fraction of sp³-hybridized carbons (Fsp3) is 0. The van der Waals surface area contributed by atoms with Crippen molar-refractivity contribution in [3.05, 3.63) is 41.0 Å². The van der Waals surface area contributed by atoms with Crippen LogP contribution in [0.2, 0.25) is 0 Å². The summed E-state index contributed by atoms with van der Waals surface area (Å²) in [5, 5.41) is 8.79. The summed E-state index contributed by atoms with van der Waals surface area (Å²) in [5.74, 6) is 5.00. The Kier molecular flexibility index (Phi) is 1.80. The van der Waals surface area contributed by atoms with Crippen molar-refractivity contribution >= 4 is 11.5 Å². The monoisotopic (exact) mass is 185 g/mol. The number of hydrogen-bond donors (Lipinski definition) is 2. The van der Waals surface area contributed by atoms with Crippen molar-refractivity contribution in [2.24, 2.45) is 5.84 Å². The van der Waals surface area contributed by atoms with E-state index in [9.17, 15) is 4.79 Å². The van der Waals surface area contributed by atoms with Gasteiger partial charge in [0.2, 0.25) is 5.78 Å². The van der Waals surface area contributed by atoms with E-state index in [1.165, 1.54) is 0 Å². The Morgan fingerprint density at radius 1 is 1.29 bits per heavy atom. The van der Waals surface area contributed by atoms with Crippen LogP contribution in [0.4, 0.5) is 0 Å². The van der Waals surface area contributed by atoms with Gasteiger partial charge in [0.1, 0.15) is 11.6 Å². The molecule has 1 aliphatic carbocycles. The number of nitriles is 1. The third kappa shape index (κ3) is 0.934. The molecule has 0 spiro atoms. The van der Waals surface area contributed by atoms with Gasteiger partial charge in [-0.1, -0.05) is 24.3 Å². The average molecular weight is 185 g/mol. The van der Waals surface area contributed by atoms with E-state index in [4.69, 9.17) is 11.1 Å². The zero-order chi connectivity index (χ0) is 10.1. The smallest absolute Gasteiger partial charge is 0.206 e.